The van der Waals surface area contributed by atoms with Gasteiger partial charge in [-0.3, -0.25) is 4.79 Å². The van der Waals surface area contributed by atoms with Crippen LogP contribution in [0.5, 0.6) is 0 Å². The lowest BCUT2D eigenvalue weighted by molar-refractivity contribution is 0.0757. The van der Waals surface area contributed by atoms with Gasteiger partial charge >= 0.3 is 0 Å². The van der Waals surface area contributed by atoms with Crippen LogP contribution in [0.25, 0.3) is 22.2 Å². The number of fused-ring (bicyclic) bond motifs is 1. The third-order valence-electron chi connectivity index (χ3n) is 4.81. The van der Waals surface area contributed by atoms with Crippen molar-refractivity contribution in [1.82, 2.24) is 9.88 Å². The van der Waals surface area contributed by atoms with E-state index in [1.54, 1.807) is 12.1 Å². The number of carbonyl (C=O) groups excluding carboxylic acids is 1. The molecule has 0 fully saturated rings. The normalized spacial score (nSPS) is 11.0. The minimum Gasteiger partial charge on any atom is -0.339 e. The Morgan fingerprint density at radius 1 is 1.04 bits per heavy atom. The van der Waals surface area contributed by atoms with Crippen molar-refractivity contribution in [3.8, 4) is 11.3 Å². The van der Waals surface area contributed by atoms with Gasteiger partial charge in [0.15, 0.2) is 0 Å². The third-order valence-corrected chi connectivity index (χ3v) is 5.36. The van der Waals surface area contributed by atoms with Gasteiger partial charge < -0.3 is 4.90 Å². The van der Waals surface area contributed by atoms with Crippen LogP contribution in [0.4, 0.5) is 0 Å². The minimum absolute atomic E-state index is 0.0473. The number of pyridine rings is 1. The topological polar surface area (TPSA) is 33.2 Å². The third kappa shape index (κ3) is 4.01. The Morgan fingerprint density at radius 3 is 2.36 bits per heavy atom. The first-order chi connectivity index (χ1) is 13.5. The van der Waals surface area contributed by atoms with Gasteiger partial charge in [-0.15, -0.1) is 0 Å². The molecule has 146 valence electrons. The van der Waals surface area contributed by atoms with Gasteiger partial charge in [0.05, 0.1) is 21.8 Å². The van der Waals surface area contributed by atoms with Crippen LogP contribution in [0, 0.1) is 6.92 Å². The van der Waals surface area contributed by atoms with E-state index in [0.29, 0.717) is 15.6 Å². The lowest BCUT2D eigenvalue weighted by Crippen LogP contribution is -2.33. The molecule has 3 nitrogen and oxygen atoms in total. The monoisotopic (exact) mass is 414 g/mol. The fourth-order valence-electron chi connectivity index (χ4n) is 3.54. The standard InChI is InChI=1S/C23H24Cl2N2O/c1-4-12-27(13-5-2)23(28)21-15(3)22(17-11-10-16(24)14-19(17)25)26-20-9-7-6-8-18(20)21/h6-11,14H,4-5,12-13H2,1-3H3. The van der Waals surface area contributed by atoms with Crippen molar-refractivity contribution >= 4 is 40.0 Å². The second-order valence-electron chi connectivity index (χ2n) is 6.89. The van der Waals surface area contributed by atoms with Crippen LogP contribution < -0.4 is 0 Å². The van der Waals surface area contributed by atoms with Gasteiger partial charge in [0.25, 0.3) is 5.91 Å². The molecule has 0 radical (unpaired) electrons. The van der Waals surface area contributed by atoms with Crippen molar-refractivity contribution in [2.75, 3.05) is 13.1 Å². The molecule has 0 atom stereocenters. The number of para-hydroxylation sites is 1. The molecule has 0 saturated carbocycles. The highest BCUT2D eigenvalue weighted by molar-refractivity contribution is 6.36. The molecule has 5 heteroatoms. The first-order valence-corrected chi connectivity index (χ1v) is 10.4. The van der Waals surface area contributed by atoms with E-state index in [0.717, 1.165) is 53.7 Å². The summed E-state index contributed by atoms with van der Waals surface area (Å²) in [6.45, 7) is 7.60. The van der Waals surface area contributed by atoms with E-state index in [4.69, 9.17) is 28.2 Å². The van der Waals surface area contributed by atoms with Gasteiger partial charge in [-0.2, -0.15) is 0 Å². The summed E-state index contributed by atoms with van der Waals surface area (Å²) in [6.07, 6.45) is 1.84. The van der Waals surface area contributed by atoms with E-state index in [1.165, 1.54) is 0 Å². The molecule has 1 heterocycles. The number of rotatable bonds is 6. The molecule has 0 aliphatic rings. The highest BCUT2D eigenvalue weighted by Gasteiger charge is 2.23. The lowest BCUT2D eigenvalue weighted by atomic mass is 9.96. The molecule has 0 bridgehead atoms. The summed E-state index contributed by atoms with van der Waals surface area (Å²) >= 11 is 12.5. The van der Waals surface area contributed by atoms with Gasteiger partial charge in [-0.05, 0) is 49.6 Å². The Balaban J connectivity index is 2.26. The molecular weight excluding hydrogens is 391 g/mol. The second kappa shape index (κ2) is 8.93. The first-order valence-electron chi connectivity index (χ1n) is 9.61. The molecule has 28 heavy (non-hydrogen) atoms. The summed E-state index contributed by atoms with van der Waals surface area (Å²) in [6, 6.07) is 13.1. The van der Waals surface area contributed by atoms with Crippen LogP contribution in [0.3, 0.4) is 0 Å². The summed E-state index contributed by atoms with van der Waals surface area (Å²) in [5.74, 6) is 0.0473. The molecule has 3 rings (SSSR count). The maximum Gasteiger partial charge on any atom is 0.254 e. The number of halogens is 2. The smallest absolute Gasteiger partial charge is 0.254 e. The van der Waals surface area contributed by atoms with Crippen LogP contribution >= 0.6 is 23.2 Å². The van der Waals surface area contributed by atoms with Crippen LogP contribution in [0.2, 0.25) is 10.0 Å². The van der Waals surface area contributed by atoms with Crippen molar-refractivity contribution in [1.29, 1.82) is 0 Å². The zero-order chi connectivity index (χ0) is 20.3. The summed E-state index contributed by atoms with van der Waals surface area (Å²) < 4.78 is 0. The number of carbonyl (C=O) groups is 1. The number of amides is 1. The van der Waals surface area contributed by atoms with Gasteiger partial charge in [-0.1, -0.05) is 55.2 Å². The summed E-state index contributed by atoms with van der Waals surface area (Å²) in [5, 5.41) is 1.97. The van der Waals surface area contributed by atoms with Crippen molar-refractivity contribution in [3.63, 3.8) is 0 Å². The Morgan fingerprint density at radius 2 is 1.71 bits per heavy atom. The Hall–Kier alpha value is -2.10. The van der Waals surface area contributed by atoms with E-state index in [1.807, 2.05) is 42.2 Å². The molecule has 0 aliphatic carbocycles. The number of aromatic nitrogens is 1. The SMILES string of the molecule is CCCN(CCC)C(=O)c1c(C)c(-c2ccc(Cl)cc2Cl)nc2ccccc12. The second-order valence-corrected chi connectivity index (χ2v) is 7.74. The predicted octanol–water partition coefficient (Wildman–Crippen LogP) is 6.78. The molecule has 0 aliphatic heterocycles. The molecule has 1 amide bonds. The average molecular weight is 415 g/mol. The maximum absolute atomic E-state index is 13.5. The van der Waals surface area contributed by atoms with E-state index < -0.39 is 0 Å². The fraction of sp³-hybridized carbons (Fsp3) is 0.304. The molecule has 2 aromatic carbocycles. The average Bonchev–Trinajstić information content (AvgIpc) is 2.67. The molecule has 0 saturated heterocycles. The zero-order valence-electron chi connectivity index (χ0n) is 16.4. The van der Waals surface area contributed by atoms with Gasteiger partial charge in [-0.25, -0.2) is 4.98 Å². The van der Waals surface area contributed by atoms with Gasteiger partial charge in [0, 0.05) is 29.1 Å². The highest BCUT2D eigenvalue weighted by Crippen LogP contribution is 2.35. The van der Waals surface area contributed by atoms with E-state index in [2.05, 4.69) is 13.8 Å². The number of hydrogen-bond donors (Lipinski definition) is 0. The van der Waals surface area contributed by atoms with Crippen molar-refractivity contribution in [2.24, 2.45) is 0 Å². The fourth-order valence-corrected chi connectivity index (χ4v) is 4.04. The maximum atomic E-state index is 13.5. The van der Waals surface area contributed by atoms with Crippen molar-refractivity contribution in [2.45, 2.75) is 33.6 Å². The molecule has 0 unspecified atom stereocenters. The van der Waals surface area contributed by atoms with E-state index in [9.17, 15) is 4.79 Å². The van der Waals surface area contributed by atoms with E-state index in [-0.39, 0.29) is 5.91 Å². The molecule has 0 N–H and O–H groups in total. The lowest BCUT2D eigenvalue weighted by Gasteiger charge is -2.24. The van der Waals surface area contributed by atoms with Crippen LogP contribution in [0.15, 0.2) is 42.5 Å². The summed E-state index contributed by atoms with van der Waals surface area (Å²) in [4.78, 5) is 20.3. The Kier molecular flexibility index (Phi) is 6.58. The van der Waals surface area contributed by atoms with Crippen molar-refractivity contribution in [3.05, 3.63) is 63.6 Å². The van der Waals surface area contributed by atoms with E-state index >= 15 is 0 Å². The van der Waals surface area contributed by atoms with Gasteiger partial charge in [0.2, 0.25) is 0 Å². The predicted molar refractivity (Wildman–Crippen MR) is 118 cm³/mol. The minimum atomic E-state index is 0.0473. The summed E-state index contributed by atoms with van der Waals surface area (Å²) in [7, 11) is 0. The number of benzene rings is 2. The molecule has 1 aromatic heterocycles. The Labute approximate surface area is 176 Å². The largest absolute Gasteiger partial charge is 0.339 e. The van der Waals surface area contributed by atoms with Crippen LogP contribution in [0.1, 0.15) is 42.6 Å². The molecule has 3 aromatic rings. The zero-order valence-corrected chi connectivity index (χ0v) is 17.9. The van der Waals surface area contributed by atoms with Crippen LogP contribution in [-0.4, -0.2) is 28.9 Å². The molecular formula is C23H24Cl2N2O. The first kappa shape index (κ1) is 20.6. The molecule has 0 spiro atoms. The summed E-state index contributed by atoms with van der Waals surface area (Å²) in [5.41, 5.74) is 3.82. The van der Waals surface area contributed by atoms with Crippen molar-refractivity contribution < 1.29 is 4.79 Å². The highest BCUT2D eigenvalue weighted by atomic mass is 35.5. The van der Waals surface area contributed by atoms with Crippen LogP contribution in [-0.2, 0) is 0 Å². The number of nitrogens with zero attached hydrogens (tertiary/aromatic N) is 2. The quantitative estimate of drug-likeness (QED) is 0.445. The van der Waals surface area contributed by atoms with Gasteiger partial charge in [0.1, 0.15) is 0 Å². The number of hydrogen-bond acceptors (Lipinski definition) is 2. The Bertz CT molecular complexity index is 1010.